The highest BCUT2D eigenvalue weighted by Gasteiger charge is 2.19. The summed E-state index contributed by atoms with van der Waals surface area (Å²) in [7, 11) is 0. The minimum atomic E-state index is -0.0859. The van der Waals surface area contributed by atoms with E-state index in [0.717, 1.165) is 11.3 Å². The van der Waals surface area contributed by atoms with Crippen LogP contribution in [-0.2, 0) is 16.0 Å². The van der Waals surface area contributed by atoms with E-state index in [4.69, 9.17) is 16.3 Å². The zero-order chi connectivity index (χ0) is 13.9. The molecule has 1 atom stereocenters. The Morgan fingerprint density at radius 2 is 2.15 bits per heavy atom. The van der Waals surface area contributed by atoms with Crippen molar-refractivity contribution >= 4 is 17.5 Å². The maximum atomic E-state index is 11.3. The maximum Gasteiger partial charge on any atom is 0.246 e. The monoisotopic (exact) mass is 292 g/mol. The fourth-order valence-electron chi connectivity index (χ4n) is 2.22. The van der Waals surface area contributed by atoms with E-state index in [-0.39, 0.29) is 18.6 Å². The molecule has 20 heavy (non-hydrogen) atoms. The summed E-state index contributed by atoms with van der Waals surface area (Å²) in [6, 6.07) is 5.58. The Morgan fingerprint density at radius 3 is 2.90 bits per heavy atom. The number of rotatable bonds is 3. The molecule has 1 aliphatic heterocycles. The van der Waals surface area contributed by atoms with Crippen LogP contribution >= 0.6 is 11.6 Å². The lowest BCUT2D eigenvalue weighted by atomic mass is 10.1. The van der Waals surface area contributed by atoms with E-state index in [1.54, 1.807) is 18.5 Å². The van der Waals surface area contributed by atoms with Crippen molar-refractivity contribution in [1.29, 1.82) is 0 Å². The largest absolute Gasteiger partial charge is 0.369 e. The fraction of sp³-hybridized carbons (Fsp3) is 0.308. The smallest absolute Gasteiger partial charge is 0.246 e. The predicted octanol–water partition coefficient (Wildman–Crippen LogP) is 0.978. The SMILES string of the molecule is O=C1COCC(Cc2cc(Cl)cc(-n3nccn3)c2)N1. The number of aromatic nitrogens is 3. The Bertz CT molecular complexity index is 615. The highest BCUT2D eigenvalue weighted by Crippen LogP contribution is 2.19. The topological polar surface area (TPSA) is 69.0 Å². The molecule has 1 amide bonds. The number of carbonyl (C=O) groups is 1. The van der Waals surface area contributed by atoms with Crippen molar-refractivity contribution in [3.05, 3.63) is 41.2 Å². The summed E-state index contributed by atoms with van der Waals surface area (Å²) in [6.45, 7) is 0.641. The van der Waals surface area contributed by atoms with Gasteiger partial charge in [0.1, 0.15) is 6.61 Å². The summed E-state index contributed by atoms with van der Waals surface area (Å²) in [6.07, 6.45) is 3.87. The number of amides is 1. The average molecular weight is 293 g/mol. The van der Waals surface area contributed by atoms with Crippen molar-refractivity contribution in [3.63, 3.8) is 0 Å². The van der Waals surface area contributed by atoms with Gasteiger partial charge in [-0.25, -0.2) is 0 Å². The number of hydrogen-bond donors (Lipinski definition) is 1. The van der Waals surface area contributed by atoms with Crippen LogP contribution in [0.5, 0.6) is 0 Å². The van der Waals surface area contributed by atoms with Gasteiger partial charge in [0.05, 0.1) is 30.7 Å². The van der Waals surface area contributed by atoms with Crippen molar-refractivity contribution in [2.45, 2.75) is 12.5 Å². The Hall–Kier alpha value is -1.92. The third kappa shape index (κ3) is 2.97. The van der Waals surface area contributed by atoms with Crippen LogP contribution in [0.4, 0.5) is 0 Å². The number of morpholine rings is 1. The molecule has 0 spiro atoms. The molecule has 1 aromatic heterocycles. The number of benzene rings is 1. The van der Waals surface area contributed by atoms with E-state index < -0.39 is 0 Å². The molecule has 1 fully saturated rings. The quantitative estimate of drug-likeness (QED) is 0.915. The Kier molecular flexibility index (Phi) is 3.66. The van der Waals surface area contributed by atoms with Gasteiger partial charge in [-0.2, -0.15) is 15.0 Å². The van der Waals surface area contributed by atoms with E-state index in [2.05, 4.69) is 15.5 Å². The lowest BCUT2D eigenvalue weighted by molar-refractivity contribution is -0.131. The van der Waals surface area contributed by atoms with E-state index in [1.165, 1.54) is 4.80 Å². The molecule has 0 bridgehead atoms. The fourth-order valence-corrected chi connectivity index (χ4v) is 2.47. The van der Waals surface area contributed by atoms with Crippen molar-refractivity contribution < 1.29 is 9.53 Å². The molecule has 3 rings (SSSR count). The van der Waals surface area contributed by atoms with Crippen LogP contribution in [0, 0.1) is 0 Å². The number of ether oxygens (including phenoxy) is 1. The Morgan fingerprint density at radius 1 is 1.35 bits per heavy atom. The van der Waals surface area contributed by atoms with E-state index in [1.807, 2.05) is 12.1 Å². The van der Waals surface area contributed by atoms with Crippen LogP contribution in [0.2, 0.25) is 5.02 Å². The first-order valence-corrected chi connectivity index (χ1v) is 6.62. The molecule has 2 aromatic rings. The number of carbonyl (C=O) groups excluding carboxylic acids is 1. The van der Waals surface area contributed by atoms with Crippen LogP contribution in [0.15, 0.2) is 30.6 Å². The van der Waals surface area contributed by atoms with Gasteiger partial charge in [0.15, 0.2) is 0 Å². The van der Waals surface area contributed by atoms with Gasteiger partial charge >= 0.3 is 0 Å². The van der Waals surface area contributed by atoms with Crippen LogP contribution in [0.25, 0.3) is 5.69 Å². The van der Waals surface area contributed by atoms with Crippen molar-refractivity contribution in [2.75, 3.05) is 13.2 Å². The molecule has 2 heterocycles. The summed E-state index contributed by atoms with van der Waals surface area (Å²) in [5.41, 5.74) is 1.79. The van der Waals surface area contributed by atoms with Crippen molar-refractivity contribution in [3.8, 4) is 5.69 Å². The first-order valence-electron chi connectivity index (χ1n) is 6.24. The van der Waals surface area contributed by atoms with Crippen molar-refractivity contribution in [1.82, 2.24) is 20.3 Å². The molecule has 1 aliphatic rings. The van der Waals surface area contributed by atoms with Gasteiger partial charge in [-0.05, 0) is 30.2 Å². The third-order valence-corrected chi connectivity index (χ3v) is 3.21. The van der Waals surface area contributed by atoms with E-state index in [9.17, 15) is 4.79 Å². The highest BCUT2D eigenvalue weighted by molar-refractivity contribution is 6.30. The molecule has 1 unspecified atom stereocenters. The maximum absolute atomic E-state index is 11.3. The molecular weight excluding hydrogens is 280 g/mol. The summed E-state index contributed by atoms with van der Waals surface area (Å²) in [4.78, 5) is 12.8. The molecule has 1 N–H and O–H groups in total. The summed E-state index contributed by atoms with van der Waals surface area (Å²) >= 11 is 6.13. The predicted molar refractivity (Wildman–Crippen MR) is 72.8 cm³/mol. The van der Waals surface area contributed by atoms with E-state index >= 15 is 0 Å². The second-order valence-electron chi connectivity index (χ2n) is 4.62. The van der Waals surface area contributed by atoms with Gasteiger partial charge in [-0.1, -0.05) is 11.6 Å². The number of nitrogens with one attached hydrogen (secondary N) is 1. The minimum absolute atomic E-state index is 0.0341. The first-order chi connectivity index (χ1) is 9.70. The standard InChI is InChI=1S/C13H13ClN4O2/c14-10-3-9(4-11-7-20-8-13(19)17-11)5-12(6-10)18-15-1-2-16-18/h1-3,5-6,11H,4,7-8H2,(H,17,19). The lowest BCUT2D eigenvalue weighted by Gasteiger charge is -2.23. The van der Waals surface area contributed by atoms with Crippen LogP contribution < -0.4 is 5.32 Å². The van der Waals surface area contributed by atoms with Gasteiger partial charge in [0.25, 0.3) is 0 Å². The normalized spacial score (nSPS) is 18.9. The molecule has 0 aliphatic carbocycles. The van der Waals surface area contributed by atoms with Gasteiger partial charge in [0, 0.05) is 5.02 Å². The highest BCUT2D eigenvalue weighted by atomic mass is 35.5. The summed E-state index contributed by atoms with van der Waals surface area (Å²) < 4.78 is 5.22. The zero-order valence-corrected chi connectivity index (χ0v) is 11.4. The first kappa shape index (κ1) is 13.1. The second kappa shape index (κ2) is 5.60. The summed E-state index contributed by atoms with van der Waals surface area (Å²) in [5.74, 6) is -0.0859. The molecule has 1 aromatic carbocycles. The molecule has 7 heteroatoms. The Labute approximate surface area is 120 Å². The zero-order valence-electron chi connectivity index (χ0n) is 10.6. The number of hydrogen-bond acceptors (Lipinski definition) is 4. The Balaban J connectivity index is 1.81. The average Bonchev–Trinajstić information content (AvgIpc) is 2.91. The third-order valence-electron chi connectivity index (χ3n) is 2.99. The number of halogens is 1. The summed E-state index contributed by atoms with van der Waals surface area (Å²) in [5, 5.41) is 11.7. The second-order valence-corrected chi connectivity index (χ2v) is 5.06. The molecule has 104 valence electrons. The van der Waals surface area contributed by atoms with Crippen LogP contribution in [0.3, 0.4) is 0 Å². The van der Waals surface area contributed by atoms with Crippen LogP contribution in [-0.4, -0.2) is 40.2 Å². The lowest BCUT2D eigenvalue weighted by Crippen LogP contribution is -2.46. The molecule has 0 radical (unpaired) electrons. The number of nitrogens with zero attached hydrogens (tertiary/aromatic N) is 3. The van der Waals surface area contributed by atoms with Gasteiger partial charge < -0.3 is 10.1 Å². The molecule has 0 saturated carbocycles. The van der Waals surface area contributed by atoms with Gasteiger partial charge in [0.2, 0.25) is 5.91 Å². The van der Waals surface area contributed by atoms with Crippen molar-refractivity contribution in [2.24, 2.45) is 0 Å². The van der Waals surface area contributed by atoms with Gasteiger partial charge in [-0.15, -0.1) is 0 Å². The minimum Gasteiger partial charge on any atom is -0.369 e. The van der Waals surface area contributed by atoms with E-state index in [0.29, 0.717) is 18.1 Å². The molecule has 1 saturated heterocycles. The molecular formula is C13H13ClN4O2. The molecule has 6 nitrogen and oxygen atoms in total. The van der Waals surface area contributed by atoms with Gasteiger partial charge in [-0.3, -0.25) is 4.79 Å². The van der Waals surface area contributed by atoms with Crippen LogP contribution in [0.1, 0.15) is 5.56 Å².